The Balaban J connectivity index is 1.46. The average molecular weight is 457 g/mol. The highest BCUT2D eigenvalue weighted by Gasteiger charge is 2.27. The fraction of sp³-hybridized carbons (Fsp3) is 0.333. The fourth-order valence-corrected chi connectivity index (χ4v) is 4.19. The van der Waals surface area contributed by atoms with Crippen LogP contribution >= 0.6 is 11.6 Å². The van der Waals surface area contributed by atoms with Gasteiger partial charge in [0.05, 0.1) is 37.9 Å². The standard InChI is InChI=1S/C24H25ClN2O5/c1-13-19(14(2)32-27-13)11-23(28)26-12-18-8-16-7-15(9-21(25)24(16)31-18)20-10-17(29-3)5-6-22(20)30-4/h5-7,9-10,18H,8,11-12H2,1-4H3,(H,26,28). The van der Waals surface area contributed by atoms with Gasteiger partial charge in [-0.1, -0.05) is 16.8 Å². The second kappa shape index (κ2) is 9.12. The topological polar surface area (TPSA) is 82.8 Å². The zero-order chi connectivity index (χ0) is 22.8. The van der Waals surface area contributed by atoms with Gasteiger partial charge < -0.3 is 24.1 Å². The molecule has 0 saturated heterocycles. The van der Waals surface area contributed by atoms with Crippen LogP contribution in [0.4, 0.5) is 0 Å². The number of ether oxygens (including phenoxy) is 3. The summed E-state index contributed by atoms with van der Waals surface area (Å²) in [6.07, 6.45) is 0.667. The van der Waals surface area contributed by atoms with Crippen molar-refractivity contribution in [3.8, 4) is 28.4 Å². The number of aryl methyl sites for hydroxylation is 2. The minimum absolute atomic E-state index is 0.105. The van der Waals surface area contributed by atoms with Crippen LogP contribution in [0.15, 0.2) is 34.9 Å². The summed E-state index contributed by atoms with van der Waals surface area (Å²) < 4.78 is 22.0. The summed E-state index contributed by atoms with van der Waals surface area (Å²) >= 11 is 6.55. The number of nitrogens with one attached hydrogen (secondary N) is 1. The lowest BCUT2D eigenvalue weighted by Gasteiger charge is -2.13. The van der Waals surface area contributed by atoms with E-state index in [1.807, 2.05) is 37.3 Å². The normalized spacial score (nSPS) is 14.6. The Morgan fingerprint density at radius 1 is 1.22 bits per heavy atom. The van der Waals surface area contributed by atoms with Gasteiger partial charge in [-0.3, -0.25) is 4.79 Å². The summed E-state index contributed by atoms with van der Waals surface area (Å²) in [5, 5.41) is 7.35. The van der Waals surface area contributed by atoms with E-state index >= 15 is 0 Å². The number of hydrogen-bond acceptors (Lipinski definition) is 6. The number of benzene rings is 2. The molecule has 32 heavy (non-hydrogen) atoms. The molecular formula is C24H25ClN2O5. The number of carbonyl (C=O) groups excluding carboxylic acids is 1. The van der Waals surface area contributed by atoms with Crippen molar-refractivity contribution in [2.45, 2.75) is 32.8 Å². The molecule has 1 unspecified atom stereocenters. The number of rotatable bonds is 7. The van der Waals surface area contributed by atoms with E-state index in [9.17, 15) is 4.79 Å². The first-order valence-corrected chi connectivity index (χ1v) is 10.7. The molecule has 1 aliphatic heterocycles. The predicted octanol–water partition coefficient (Wildman–Crippen LogP) is 4.29. The zero-order valence-electron chi connectivity index (χ0n) is 18.5. The first kappa shape index (κ1) is 22.0. The second-order valence-corrected chi connectivity index (χ2v) is 8.15. The lowest BCUT2D eigenvalue weighted by Crippen LogP contribution is -2.35. The highest BCUT2D eigenvalue weighted by molar-refractivity contribution is 6.32. The monoisotopic (exact) mass is 456 g/mol. The van der Waals surface area contributed by atoms with Crippen molar-refractivity contribution in [1.29, 1.82) is 0 Å². The summed E-state index contributed by atoms with van der Waals surface area (Å²) in [4.78, 5) is 12.4. The van der Waals surface area contributed by atoms with Gasteiger partial charge in [0.25, 0.3) is 0 Å². The Morgan fingerprint density at radius 3 is 2.72 bits per heavy atom. The molecule has 2 aromatic carbocycles. The molecular weight excluding hydrogens is 432 g/mol. The van der Waals surface area contributed by atoms with E-state index in [0.717, 1.165) is 39.4 Å². The van der Waals surface area contributed by atoms with Crippen molar-refractivity contribution < 1.29 is 23.5 Å². The van der Waals surface area contributed by atoms with Gasteiger partial charge in [-0.2, -0.15) is 0 Å². The number of fused-ring (bicyclic) bond motifs is 1. The molecule has 0 spiro atoms. The lowest BCUT2D eigenvalue weighted by atomic mass is 9.99. The van der Waals surface area contributed by atoms with E-state index in [0.29, 0.717) is 29.5 Å². The highest BCUT2D eigenvalue weighted by atomic mass is 35.5. The van der Waals surface area contributed by atoms with Crippen molar-refractivity contribution >= 4 is 17.5 Å². The Labute approximate surface area is 191 Å². The van der Waals surface area contributed by atoms with Crippen LogP contribution < -0.4 is 19.5 Å². The van der Waals surface area contributed by atoms with E-state index in [-0.39, 0.29) is 18.4 Å². The maximum atomic E-state index is 12.4. The van der Waals surface area contributed by atoms with Crippen LogP contribution in [0.1, 0.15) is 22.6 Å². The van der Waals surface area contributed by atoms with Gasteiger partial charge in [-0.15, -0.1) is 0 Å². The number of methoxy groups -OCH3 is 2. The number of carbonyl (C=O) groups is 1. The van der Waals surface area contributed by atoms with E-state index in [1.165, 1.54) is 0 Å². The van der Waals surface area contributed by atoms with Crippen LogP contribution in [0, 0.1) is 13.8 Å². The molecule has 1 aromatic heterocycles. The molecule has 0 radical (unpaired) electrons. The van der Waals surface area contributed by atoms with Crippen molar-refractivity contribution in [2.24, 2.45) is 0 Å². The van der Waals surface area contributed by atoms with Crippen molar-refractivity contribution in [3.63, 3.8) is 0 Å². The van der Waals surface area contributed by atoms with Gasteiger partial charge in [-0.25, -0.2) is 0 Å². The summed E-state index contributed by atoms with van der Waals surface area (Å²) in [5.41, 5.74) is 4.33. The number of halogens is 1. The first-order chi connectivity index (χ1) is 15.4. The third-order valence-electron chi connectivity index (χ3n) is 5.62. The number of aromatic nitrogens is 1. The number of amides is 1. The molecule has 7 nitrogen and oxygen atoms in total. The Bertz CT molecular complexity index is 1140. The summed E-state index contributed by atoms with van der Waals surface area (Å²) in [5.74, 6) is 2.67. The van der Waals surface area contributed by atoms with E-state index in [2.05, 4.69) is 10.5 Å². The lowest BCUT2D eigenvalue weighted by molar-refractivity contribution is -0.120. The fourth-order valence-electron chi connectivity index (χ4n) is 3.90. The van der Waals surface area contributed by atoms with Crippen LogP contribution in [0.5, 0.6) is 17.2 Å². The molecule has 0 bridgehead atoms. The molecule has 0 saturated carbocycles. The Hall–Kier alpha value is -3.19. The first-order valence-electron chi connectivity index (χ1n) is 10.3. The van der Waals surface area contributed by atoms with Gasteiger partial charge in [0, 0.05) is 23.1 Å². The smallest absolute Gasteiger partial charge is 0.224 e. The third kappa shape index (κ3) is 4.39. The third-order valence-corrected chi connectivity index (χ3v) is 5.90. The van der Waals surface area contributed by atoms with Gasteiger partial charge >= 0.3 is 0 Å². The van der Waals surface area contributed by atoms with Gasteiger partial charge in [0.15, 0.2) is 0 Å². The molecule has 168 valence electrons. The Kier molecular flexibility index (Phi) is 6.28. The van der Waals surface area contributed by atoms with Crippen LogP contribution in [0.2, 0.25) is 5.02 Å². The maximum absolute atomic E-state index is 12.4. The number of hydrogen-bond donors (Lipinski definition) is 1. The molecule has 8 heteroatoms. The van der Waals surface area contributed by atoms with E-state index in [1.54, 1.807) is 21.1 Å². The van der Waals surface area contributed by atoms with Crippen molar-refractivity contribution in [3.05, 3.63) is 57.9 Å². The van der Waals surface area contributed by atoms with Gasteiger partial charge in [0.1, 0.15) is 29.1 Å². The summed E-state index contributed by atoms with van der Waals surface area (Å²) in [6, 6.07) is 9.53. The molecule has 2 heterocycles. The van der Waals surface area contributed by atoms with Crippen molar-refractivity contribution in [2.75, 3.05) is 20.8 Å². The highest BCUT2D eigenvalue weighted by Crippen LogP contribution is 2.42. The van der Waals surface area contributed by atoms with Crippen LogP contribution in [-0.2, 0) is 17.6 Å². The summed E-state index contributed by atoms with van der Waals surface area (Å²) in [6.45, 7) is 4.01. The molecule has 1 aliphatic rings. The molecule has 0 aliphatic carbocycles. The van der Waals surface area contributed by atoms with Crippen molar-refractivity contribution in [1.82, 2.24) is 10.5 Å². The molecule has 1 N–H and O–H groups in total. The van der Waals surface area contributed by atoms with Crippen LogP contribution in [0.3, 0.4) is 0 Å². The van der Waals surface area contributed by atoms with Gasteiger partial charge in [-0.05, 0) is 49.7 Å². The quantitative estimate of drug-likeness (QED) is 0.571. The molecule has 1 amide bonds. The minimum atomic E-state index is -0.196. The van der Waals surface area contributed by atoms with E-state index in [4.69, 9.17) is 30.3 Å². The molecule has 0 fully saturated rings. The molecule has 4 rings (SSSR count). The second-order valence-electron chi connectivity index (χ2n) is 7.74. The molecule has 3 aromatic rings. The van der Waals surface area contributed by atoms with Crippen LogP contribution in [0.25, 0.3) is 11.1 Å². The summed E-state index contributed by atoms with van der Waals surface area (Å²) in [7, 11) is 3.25. The zero-order valence-corrected chi connectivity index (χ0v) is 19.2. The van der Waals surface area contributed by atoms with Crippen LogP contribution in [-0.4, -0.2) is 37.9 Å². The predicted molar refractivity (Wildman–Crippen MR) is 121 cm³/mol. The van der Waals surface area contributed by atoms with E-state index < -0.39 is 0 Å². The Morgan fingerprint density at radius 2 is 2.03 bits per heavy atom. The number of nitrogens with zero attached hydrogens (tertiary/aromatic N) is 1. The largest absolute Gasteiger partial charge is 0.497 e. The maximum Gasteiger partial charge on any atom is 0.224 e. The minimum Gasteiger partial charge on any atom is -0.497 e. The molecule has 1 atom stereocenters. The van der Waals surface area contributed by atoms with Gasteiger partial charge in [0.2, 0.25) is 5.91 Å². The SMILES string of the molecule is COc1ccc(OC)c(-c2cc(Cl)c3c(c2)CC(CNC(=O)Cc2c(C)noc2C)O3)c1. The average Bonchev–Trinajstić information content (AvgIpc) is 3.35.